The van der Waals surface area contributed by atoms with E-state index >= 15 is 0 Å². The molecule has 2 aromatic heterocycles. The van der Waals surface area contributed by atoms with E-state index in [1.165, 1.54) is 0 Å². The third-order valence-corrected chi connectivity index (χ3v) is 5.80. The van der Waals surface area contributed by atoms with Gasteiger partial charge in [-0.1, -0.05) is 0 Å². The Morgan fingerprint density at radius 2 is 2.04 bits per heavy atom. The Hall–Kier alpha value is -2.37. The molecular weight excluding hydrogens is 317 g/mol. The topological polar surface area (TPSA) is 49.7 Å². The molecule has 4 heterocycles. The second kappa shape index (κ2) is 5.58. The van der Waals surface area contributed by atoms with E-state index in [1.807, 2.05) is 6.20 Å². The maximum absolute atomic E-state index is 13.9. The first-order valence-corrected chi connectivity index (χ1v) is 9.14. The standard InChI is InChI=1S/C19H22FN5/c1-12-2-3-14-8-15(20)9-16-18(14)25(12)19(23-16)24-6-4-13(5-7-24)17-10-21-11-22-17/h8-13H,2-7H2,1H3,(H,21,22). The predicted molar refractivity (Wildman–Crippen MR) is 95.5 cm³/mol. The van der Waals surface area contributed by atoms with Gasteiger partial charge in [0.05, 0.1) is 23.1 Å². The van der Waals surface area contributed by atoms with Crippen LogP contribution in [0.1, 0.15) is 49.4 Å². The Bertz CT molecular complexity index is 906. The van der Waals surface area contributed by atoms with Crippen LogP contribution in [-0.4, -0.2) is 32.6 Å². The molecule has 0 aliphatic carbocycles. The largest absolute Gasteiger partial charge is 0.351 e. The van der Waals surface area contributed by atoms with E-state index in [4.69, 9.17) is 4.98 Å². The molecule has 0 radical (unpaired) electrons. The minimum absolute atomic E-state index is 0.175. The molecule has 1 aromatic carbocycles. The van der Waals surface area contributed by atoms with Gasteiger partial charge in [0.25, 0.3) is 0 Å². The van der Waals surface area contributed by atoms with Crippen LogP contribution in [0, 0.1) is 5.82 Å². The second-order valence-electron chi connectivity index (χ2n) is 7.36. The van der Waals surface area contributed by atoms with Crippen LogP contribution in [0.5, 0.6) is 0 Å². The number of nitrogens with zero attached hydrogens (tertiary/aromatic N) is 4. The van der Waals surface area contributed by atoms with Crippen molar-refractivity contribution in [3.8, 4) is 0 Å². The minimum atomic E-state index is -0.175. The van der Waals surface area contributed by atoms with Gasteiger partial charge in [-0.15, -0.1) is 0 Å². The summed E-state index contributed by atoms with van der Waals surface area (Å²) < 4.78 is 16.3. The molecule has 25 heavy (non-hydrogen) atoms. The number of hydrogen-bond donors (Lipinski definition) is 1. The molecule has 5 rings (SSSR count). The number of anilines is 1. The maximum atomic E-state index is 13.9. The number of aromatic amines is 1. The van der Waals surface area contributed by atoms with Gasteiger partial charge in [-0.2, -0.15) is 0 Å². The number of imidazole rings is 2. The van der Waals surface area contributed by atoms with Crippen molar-refractivity contribution in [2.24, 2.45) is 0 Å². The first-order valence-electron chi connectivity index (χ1n) is 9.14. The number of H-pyrrole nitrogens is 1. The van der Waals surface area contributed by atoms with Crippen LogP contribution in [0.2, 0.25) is 0 Å². The smallest absolute Gasteiger partial charge is 0.206 e. The molecule has 0 saturated carbocycles. The van der Waals surface area contributed by atoms with Crippen LogP contribution >= 0.6 is 0 Å². The lowest BCUT2D eigenvalue weighted by atomic mass is 9.94. The molecule has 130 valence electrons. The van der Waals surface area contributed by atoms with E-state index < -0.39 is 0 Å². The third-order valence-electron chi connectivity index (χ3n) is 5.80. The van der Waals surface area contributed by atoms with Crippen molar-refractivity contribution in [2.75, 3.05) is 18.0 Å². The fraction of sp³-hybridized carbons (Fsp3) is 0.474. The molecule has 5 nitrogen and oxygen atoms in total. The fourth-order valence-electron chi connectivity index (χ4n) is 4.46. The number of aryl methyl sites for hydroxylation is 1. The van der Waals surface area contributed by atoms with Gasteiger partial charge in [-0.05, 0) is 44.2 Å². The second-order valence-corrected chi connectivity index (χ2v) is 7.36. The van der Waals surface area contributed by atoms with E-state index in [9.17, 15) is 4.39 Å². The highest BCUT2D eigenvalue weighted by molar-refractivity contribution is 5.83. The molecule has 1 fully saturated rings. The Kier molecular flexibility index (Phi) is 3.33. The Morgan fingerprint density at radius 1 is 1.20 bits per heavy atom. The normalized spacial score (nSPS) is 21.2. The zero-order valence-electron chi connectivity index (χ0n) is 14.4. The quantitative estimate of drug-likeness (QED) is 0.773. The average Bonchev–Trinajstić information content (AvgIpc) is 3.27. The number of halogens is 1. The predicted octanol–water partition coefficient (Wildman–Crippen LogP) is 3.79. The van der Waals surface area contributed by atoms with Gasteiger partial charge < -0.3 is 14.5 Å². The van der Waals surface area contributed by atoms with Crippen molar-refractivity contribution >= 4 is 17.0 Å². The van der Waals surface area contributed by atoms with E-state index in [0.717, 1.165) is 67.0 Å². The third kappa shape index (κ3) is 2.34. The summed E-state index contributed by atoms with van der Waals surface area (Å²) in [6, 6.07) is 3.66. The molecule has 1 atom stereocenters. The Morgan fingerprint density at radius 3 is 2.80 bits per heavy atom. The van der Waals surface area contributed by atoms with Crippen LogP contribution < -0.4 is 4.90 Å². The minimum Gasteiger partial charge on any atom is -0.351 e. The lowest BCUT2D eigenvalue weighted by Crippen LogP contribution is -2.35. The van der Waals surface area contributed by atoms with Crippen molar-refractivity contribution in [1.29, 1.82) is 0 Å². The van der Waals surface area contributed by atoms with Crippen LogP contribution in [0.4, 0.5) is 10.3 Å². The van der Waals surface area contributed by atoms with Crippen LogP contribution in [-0.2, 0) is 6.42 Å². The van der Waals surface area contributed by atoms with Gasteiger partial charge in [-0.3, -0.25) is 0 Å². The van der Waals surface area contributed by atoms with Crippen molar-refractivity contribution in [3.63, 3.8) is 0 Å². The summed E-state index contributed by atoms with van der Waals surface area (Å²) in [5.41, 5.74) is 4.18. The van der Waals surface area contributed by atoms with Crippen molar-refractivity contribution in [3.05, 3.63) is 41.7 Å². The van der Waals surface area contributed by atoms with Gasteiger partial charge in [0.1, 0.15) is 5.82 Å². The molecule has 2 aliphatic heterocycles. The number of nitrogens with one attached hydrogen (secondary N) is 1. The number of hydrogen-bond acceptors (Lipinski definition) is 3. The molecule has 0 bridgehead atoms. The summed E-state index contributed by atoms with van der Waals surface area (Å²) in [5, 5.41) is 0. The zero-order chi connectivity index (χ0) is 17.0. The molecule has 0 spiro atoms. The van der Waals surface area contributed by atoms with E-state index in [-0.39, 0.29) is 5.82 Å². The highest BCUT2D eigenvalue weighted by Crippen LogP contribution is 2.38. The summed E-state index contributed by atoms with van der Waals surface area (Å²) in [7, 11) is 0. The summed E-state index contributed by atoms with van der Waals surface area (Å²) in [6.07, 6.45) is 7.88. The van der Waals surface area contributed by atoms with Crippen molar-refractivity contribution in [1.82, 2.24) is 19.5 Å². The Balaban J connectivity index is 1.50. The molecule has 6 heteroatoms. The number of rotatable bonds is 2. The first-order chi connectivity index (χ1) is 12.2. The summed E-state index contributed by atoms with van der Waals surface area (Å²) in [5.74, 6) is 1.35. The zero-order valence-corrected chi connectivity index (χ0v) is 14.4. The average molecular weight is 339 g/mol. The van der Waals surface area contributed by atoms with E-state index in [1.54, 1.807) is 18.5 Å². The van der Waals surface area contributed by atoms with Gasteiger partial charge >= 0.3 is 0 Å². The molecule has 3 aromatic rings. The SMILES string of the molecule is CC1CCc2cc(F)cc3nc(N4CCC(c5c[nH]cn5)CC4)n1c23. The lowest BCUT2D eigenvalue weighted by Gasteiger charge is -2.34. The lowest BCUT2D eigenvalue weighted by molar-refractivity contribution is 0.461. The Labute approximate surface area is 145 Å². The first kappa shape index (κ1) is 14.9. The van der Waals surface area contributed by atoms with Crippen molar-refractivity contribution < 1.29 is 4.39 Å². The van der Waals surface area contributed by atoms with E-state index in [0.29, 0.717) is 12.0 Å². The van der Waals surface area contributed by atoms with Gasteiger partial charge in [-0.25, -0.2) is 14.4 Å². The molecule has 2 aliphatic rings. The van der Waals surface area contributed by atoms with Gasteiger partial charge in [0, 0.05) is 37.3 Å². The molecule has 0 amide bonds. The number of aromatic nitrogens is 4. The monoisotopic (exact) mass is 339 g/mol. The van der Waals surface area contributed by atoms with Gasteiger partial charge in [0.15, 0.2) is 0 Å². The van der Waals surface area contributed by atoms with Crippen LogP contribution in [0.25, 0.3) is 11.0 Å². The van der Waals surface area contributed by atoms with Crippen molar-refractivity contribution in [2.45, 2.75) is 44.6 Å². The fourth-order valence-corrected chi connectivity index (χ4v) is 4.46. The molecule has 1 saturated heterocycles. The number of benzene rings is 1. The summed E-state index contributed by atoms with van der Waals surface area (Å²) in [6.45, 7) is 4.17. The van der Waals surface area contributed by atoms with Crippen LogP contribution in [0.15, 0.2) is 24.7 Å². The van der Waals surface area contributed by atoms with Gasteiger partial charge in [0.2, 0.25) is 5.95 Å². The highest BCUT2D eigenvalue weighted by Gasteiger charge is 2.29. The van der Waals surface area contributed by atoms with Crippen LogP contribution in [0.3, 0.4) is 0 Å². The molecule has 1 unspecified atom stereocenters. The maximum Gasteiger partial charge on any atom is 0.206 e. The summed E-state index contributed by atoms with van der Waals surface area (Å²) >= 11 is 0. The summed E-state index contributed by atoms with van der Waals surface area (Å²) in [4.78, 5) is 14.7. The van der Waals surface area contributed by atoms with E-state index in [2.05, 4.69) is 26.4 Å². The highest BCUT2D eigenvalue weighted by atomic mass is 19.1. The molecular formula is C19H22FN5. The molecule has 1 N–H and O–H groups in total. The number of piperidine rings is 1.